The highest BCUT2D eigenvalue weighted by Gasteiger charge is 2.40. The third-order valence-electron chi connectivity index (χ3n) is 4.01. The van der Waals surface area contributed by atoms with Crippen LogP contribution in [-0.2, 0) is 28.1 Å². The first-order chi connectivity index (χ1) is 9.25. The van der Waals surface area contributed by atoms with Gasteiger partial charge in [-0.15, -0.1) is 0 Å². The lowest BCUT2D eigenvalue weighted by atomic mass is 10.00. The Morgan fingerprint density at radius 1 is 1.32 bits per heavy atom. The highest BCUT2D eigenvalue weighted by Crippen LogP contribution is 2.41. The van der Waals surface area contributed by atoms with Crippen molar-refractivity contribution in [2.24, 2.45) is 0 Å². The van der Waals surface area contributed by atoms with Gasteiger partial charge in [-0.1, -0.05) is 11.6 Å². The minimum Gasteiger partial charge on any atom is -0.376 e. The molecule has 19 heavy (non-hydrogen) atoms. The summed E-state index contributed by atoms with van der Waals surface area (Å²) in [5.41, 5.74) is 1.67. The van der Waals surface area contributed by atoms with Gasteiger partial charge < -0.3 is 9.47 Å². The Labute approximate surface area is 118 Å². The molecule has 0 bridgehead atoms. The zero-order chi connectivity index (χ0) is 13.3. The van der Waals surface area contributed by atoms with Crippen molar-refractivity contribution in [1.29, 1.82) is 0 Å². The molecule has 1 fully saturated rings. The molecule has 1 aromatic heterocycles. The predicted octanol–water partition coefficient (Wildman–Crippen LogP) is 3.01. The van der Waals surface area contributed by atoms with Gasteiger partial charge in [-0.25, -0.2) is 9.97 Å². The maximum absolute atomic E-state index is 6.30. The standard InChI is InChI=1S/C14H19ClN2O2/c1-2-19-14(6-3-4-7-14)13-16-11-5-8-18-9-10(11)12(15)17-13/h2-9H2,1H3. The van der Waals surface area contributed by atoms with Crippen LogP contribution in [0.3, 0.4) is 0 Å². The van der Waals surface area contributed by atoms with Crippen LogP contribution in [-0.4, -0.2) is 23.2 Å². The first kappa shape index (κ1) is 13.3. The molecular formula is C14H19ClN2O2. The molecule has 1 aliphatic heterocycles. The molecule has 0 atom stereocenters. The zero-order valence-corrected chi connectivity index (χ0v) is 12.0. The van der Waals surface area contributed by atoms with Crippen LogP contribution in [0.25, 0.3) is 0 Å². The molecule has 2 aliphatic rings. The average molecular weight is 283 g/mol. The Hall–Kier alpha value is -0.710. The van der Waals surface area contributed by atoms with Gasteiger partial charge in [-0.2, -0.15) is 0 Å². The van der Waals surface area contributed by atoms with Crippen molar-refractivity contribution in [2.75, 3.05) is 13.2 Å². The van der Waals surface area contributed by atoms with Crippen LogP contribution < -0.4 is 0 Å². The number of ether oxygens (including phenoxy) is 2. The fourth-order valence-electron chi connectivity index (χ4n) is 3.05. The normalized spacial score (nSPS) is 21.4. The van der Waals surface area contributed by atoms with Gasteiger partial charge in [-0.3, -0.25) is 0 Å². The van der Waals surface area contributed by atoms with E-state index in [0.29, 0.717) is 25.0 Å². The van der Waals surface area contributed by atoms with Crippen molar-refractivity contribution in [1.82, 2.24) is 9.97 Å². The summed E-state index contributed by atoms with van der Waals surface area (Å²) in [5.74, 6) is 0.775. The largest absolute Gasteiger partial charge is 0.376 e. The van der Waals surface area contributed by atoms with Gasteiger partial charge in [0.25, 0.3) is 0 Å². The second-order valence-corrected chi connectivity index (χ2v) is 5.56. The molecule has 1 aromatic rings. The monoisotopic (exact) mass is 282 g/mol. The summed E-state index contributed by atoms with van der Waals surface area (Å²) >= 11 is 6.30. The maximum Gasteiger partial charge on any atom is 0.162 e. The first-order valence-corrected chi connectivity index (χ1v) is 7.40. The van der Waals surface area contributed by atoms with E-state index < -0.39 is 0 Å². The third-order valence-corrected chi connectivity index (χ3v) is 4.32. The Morgan fingerprint density at radius 2 is 2.11 bits per heavy atom. The fourth-order valence-corrected chi connectivity index (χ4v) is 3.29. The Kier molecular flexibility index (Phi) is 3.74. The Balaban J connectivity index is 2.02. The van der Waals surface area contributed by atoms with Gasteiger partial charge >= 0.3 is 0 Å². The lowest BCUT2D eigenvalue weighted by Crippen LogP contribution is -2.30. The SMILES string of the molecule is CCOC1(c2nc(Cl)c3c(n2)CCOC3)CCCC1. The molecule has 3 rings (SSSR count). The topological polar surface area (TPSA) is 44.2 Å². The number of halogens is 1. The van der Waals surface area contributed by atoms with E-state index in [1.165, 1.54) is 12.8 Å². The number of fused-ring (bicyclic) bond motifs is 1. The van der Waals surface area contributed by atoms with E-state index in [4.69, 9.17) is 26.1 Å². The predicted molar refractivity (Wildman–Crippen MR) is 72.2 cm³/mol. The molecule has 4 nitrogen and oxygen atoms in total. The van der Waals surface area contributed by atoms with E-state index >= 15 is 0 Å². The van der Waals surface area contributed by atoms with Crippen molar-refractivity contribution in [3.63, 3.8) is 0 Å². The summed E-state index contributed by atoms with van der Waals surface area (Å²) < 4.78 is 11.4. The van der Waals surface area contributed by atoms with Crippen LogP contribution >= 0.6 is 11.6 Å². The minimum atomic E-state index is -0.314. The molecule has 0 aromatic carbocycles. The van der Waals surface area contributed by atoms with Crippen LogP contribution in [0, 0.1) is 0 Å². The van der Waals surface area contributed by atoms with E-state index in [9.17, 15) is 0 Å². The van der Waals surface area contributed by atoms with Crippen LogP contribution in [0.4, 0.5) is 0 Å². The van der Waals surface area contributed by atoms with Crippen molar-refractivity contribution < 1.29 is 9.47 Å². The molecule has 0 N–H and O–H groups in total. The van der Waals surface area contributed by atoms with E-state index in [0.717, 1.165) is 36.3 Å². The number of nitrogens with zero attached hydrogens (tertiary/aromatic N) is 2. The minimum absolute atomic E-state index is 0.314. The zero-order valence-electron chi connectivity index (χ0n) is 11.2. The molecular weight excluding hydrogens is 264 g/mol. The summed E-state index contributed by atoms with van der Waals surface area (Å²) in [7, 11) is 0. The summed E-state index contributed by atoms with van der Waals surface area (Å²) in [4.78, 5) is 9.25. The van der Waals surface area contributed by atoms with E-state index in [-0.39, 0.29) is 5.60 Å². The van der Waals surface area contributed by atoms with Gasteiger partial charge in [0.05, 0.1) is 18.9 Å². The molecule has 5 heteroatoms. The Bertz CT molecular complexity index is 473. The van der Waals surface area contributed by atoms with Gasteiger partial charge in [0.15, 0.2) is 5.82 Å². The molecule has 1 aliphatic carbocycles. The summed E-state index contributed by atoms with van der Waals surface area (Å²) in [5, 5.41) is 0.533. The highest BCUT2D eigenvalue weighted by atomic mass is 35.5. The van der Waals surface area contributed by atoms with E-state index in [2.05, 4.69) is 4.98 Å². The van der Waals surface area contributed by atoms with Gasteiger partial charge in [-0.05, 0) is 32.6 Å². The molecule has 104 valence electrons. The quantitative estimate of drug-likeness (QED) is 0.800. The molecule has 2 heterocycles. The molecule has 0 unspecified atom stereocenters. The highest BCUT2D eigenvalue weighted by molar-refractivity contribution is 6.30. The number of hydrogen-bond acceptors (Lipinski definition) is 4. The number of rotatable bonds is 3. The summed E-state index contributed by atoms with van der Waals surface area (Å²) in [6.07, 6.45) is 5.13. The average Bonchev–Trinajstić information content (AvgIpc) is 2.89. The van der Waals surface area contributed by atoms with Crippen molar-refractivity contribution in [3.8, 4) is 0 Å². The number of hydrogen-bond donors (Lipinski definition) is 0. The third kappa shape index (κ3) is 2.37. The lowest BCUT2D eigenvalue weighted by molar-refractivity contribution is -0.0461. The molecule has 1 saturated carbocycles. The fraction of sp³-hybridized carbons (Fsp3) is 0.714. The van der Waals surface area contributed by atoms with Crippen LogP contribution in [0.15, 0.2) is 0 Å². The second-order valence-electron chi connectivity index (χ2n) is 5.20. The first-order valence-electron chi connectivity index (χ1n) is 7.02. The summed E-state index contributed by atoms with van der Waals surface area (Å²) in [6.45, 7) is 3.94. The summed E-state index contributed by atoms with van der Waals surface area (Å²) in [6, 6.07) is 0. The van der Waals surface area contributed by atoms with Crippen LogP contribution in [0.1, 0.15) is 49.7 Å². The van der Waals surface area contributed by atoms with E-state index in [1.54, 1.807) is 0 Å². The van der Waals surface area contributed by atoms with Crippen LogP contribution in [0.5, 0.6) is 0 Å². The molecule has 0 saturated heterocycles. The van der Waals surface area contributed by atoms with E-state index in [1.807, 2.05) is 6.92 Å². The molecule has 0 amide bonds. The van der Waals surface area contributed by atoms with Crippen molar-refractivity contribution >= 4 is 11.6 Å². The Morgan fingerprint density at radius 3 is 2.84 bits per heavy atom. The smallest absolute Gasteiger partial charge is 0.162 e. The van der Waals surface area contributed by atoms with Crippen molar-refractivity contribution in [3.05, 3.63) is 22.2 Å². The molecule has 0 spiro atoms. The second kappa shape index (κ2) is 5.35. The number of aromatic nitrogens is 2. The maximum atomic E-state index is 6.30. The van der Waals surface area contributed by atoms with Gasteiger partial charge in [0.2, 0.25) is 0 Å². The van der Waals surface area contributed by atoms with Crippen molar-refractivity contribution in [2.45, 2.75) is 51.2 Å². The van der Waals surface area contributed by atoms with Gasteiger partial charge in [0, 0.05) is 18.6 Å². The van der Waals surface area contributed by atoms with Gasteiger partial charge in [0.1, 0.15) is 10.8 Å². The molecule has 0 radical (unpaired) electrons. The lowest BCUT2D eigenvalue weighted by Gasteiger charge is -2.29. The van der Waals surface area contributed by atoms with Crippen LogP contribution in [0.2, 0.25) is 5.15 Å².